The minimum absolute atomic E-state index is 0.284. The second-order valence-corrected chi connectivity index (χ2v) is 15.7. The Hall–Kier alpha value is -3.58. The Bertz CT molecular complexity index is 1340. The van der Waals surface area contributed by atoms with Crippen LogP contribution in [-0.4, -0.2) is 35.7 Å². The number of rotatable bonds is 10. The predicted octanol–water partition coefficient (Wildman–Crippen LogP) is 8.89. The predicted molar refractivity (Wildman–Crippen MR) is 178 cm³/mol. The number of benzene rings is 3. The first-order valence-electron chi connectivity index (χ1n) is 15.9. The van der Waals surface area contributed by atoms with Crippen LogP contribution in [0.1, 0.15) is 112 Å². The summed E-state index contributed by atoms with van der Waals surface area (Å²) in [6.45, 7) is 11.4. The zero-order valence-corrected chi connectivity index (χ0v) is 28.3. The summed E-state index contributed by atoms with van der Waals surface area (Å²) in [5.41, 5.74) is 0.481. The maximum atomic E-state index is 14.1. The van der Waals surface area contributed by atoms with Gasteiger partial charge in [0.2, 0.25) is 5.25 Å². The molecule has 0 amide bonds. The molecule has 1 unspecified atom stereocenters. The van der Waals surface area contributed by atoms with Crippen LogP contribution in [0.25, 0.3) is 0 Å². The van der Waals surface area contributed by atoms with E-state index in [0.717, 1.165) is 21.8 Å². The average molecular weight is 632 g/mol. The van der Waals surface area contributed by atoms with Crippen molar-refractivity contribution >= 4 is 28.8 Å². The van der Waals surface area contributed by atoms with Crippen LogP contribution >= 0.6 is 0 Å². The van der Waals surface area contributed by atoms with Crippen molar-refractivity contribution in [2.75, 3.05) is 6.61 Å². The van der Waals surface area contributed by atoms with Gasteiger partial charge in [-0.05, 0) is 102 Å². The fourth-order valence-corrected chi connectivity index (χ4v) is 7.80. The van der Waals surface area contributed by atoms with Gasteiger partial charge in [-0.25, -0.2) is 14.4 Å². The molecule has 0 aliphatic heterocycles. The molecular weight excluding hydrogens is 584 g/mol. The Morgan fingerprint density at radius 3 is 1.60 bits per heavy atom. The molecule has 0 spiro atoms. The molecule has 1 atom stereocenters. The van der Waals surface area contributed by atoms with Gasteiger partial charge in [0, 0.05) is 5.56 Å². The van der Waals surface area contributed by atoms with Crippen molar-refractivity contribution in [3.63, 3.8) is 0 Å². The van der Waals surface area contributed by atoms with E-state index in [9.17, 15) is 14.4 Å². The van der Waals surface area contributed by atoms with Gasteiger partial charge in [0.05, 0.1) is 28.6 Å². The van der Waals surface area contributed by atoms with E-state index in [1.165, 1.54) is 32.1 Å². The van der Waals surface area contributed by atoms with E-state index in [0.29, 0.717) is 23.7 Å². The number of hydrogen-bond donors (Lipinski definition) is 0. The van der Waals surface area contributed by atoms with Gasteiger partial charge in [0.15, 0.2) is 9.79 Å². The monoisotopic (exact) mass is 631 g/mol. The van der Waals surface area contributed by atoms with Crippen molar-refractivity contribution in [1.29, 1.82) is 0 Å². The summed E-state index contributed by atoms with van der Waals surface area (Å²) in [5, 5.41) is -0.627. The van der Waals surface area contributed by atoms with Crippen LogP contribution in [0.3, 0.4) is 0 Å². The highest BCUT2D eigenvalue weighted by atomic mass is 32.2. The highest BCUT2D eigenvalue weighted by Gasteiger charge is 2.44. The van der Waals surface area contributed by atoms with Crippen molar-refractivity contribution in [2.24, 2.45) is 5.92 Å². The van der Waals surface area contributed by atoms with Crippen LogP contribution in [-0.2, 0) is 29.9 Å². The van der Waals surface area contributed by atoms with E-state index in [1.807, 2.05) is 96.1 Å². The lowest BCUT2D eigenvalue weighted by molar-refractivity contribution is -0.143. The molecule has 0 saturated heterocycles. The Balaban J connectivity index is 1.70. The zero-order chi connectivity index (χ0) is 32.6. The number of ether oxygens (including phenoxy) is 3. The van der Waals surface area contributed by atoms with E-state index in [1.54, 1.807) is 24.3 Å². The number of carbonyl (C=O) groups excluding carboxylic acids is 3. The number of carbonyl (C=O) groups is 3. The van der Waals surface area contributed by atoms with E-state index in [-0.39, 0.29) is 5.97 Å². The van der Waals surface area contributed by atoms with Gasteiger partial charge < -0.3 is 14.2 Å². The minimum atomic E-state index is -0.838. The first-order valence-corrected chi connectivity index (χ1v) is 17.2. The van der Waals surface area contributed by atoms with Crippen molar-refractivity contribution < 1.29 is 28.6 Å². The molecule has 6 nitrogen and oxygen atoms in total. The average Bonchev–Trinajstić information content (AvgIpc) is 2.99. The second-order valence-electron chi connectivity index (χ2n) is 13.6. The molecule has 0 aromatic heterocycles. The van der Waals surface area contributed by atoms with Crippen molar-refractivity contribution in [3.05, 3.63) is 95.6 Å². The highest BCUT2D eigenvalue weighted by Crippen LogP contribution is 2.39. The fraction of sp³-hybridized carbons (Fsp3) is 0.447. The van der Waals surface area contributed by atoms with Crippen LogP contribution in [0.4, 0.5) is 0 Å². The molecule has 1 saturated carbocycles. The van der Waals surface area contributed by atoms with E-state index >= 15 is 0 Å². The maximum Gasteiger partial charge on any atom is 0.365 e. The molecule has 0 N–H and O–H groups in total. The number of hydrogen-bond acceptors (Lipinski definition) is 6. The third-order valence-corrected chi connectivity index (χ3v) is 10.0. The lowest BCUT2D eigenvalue weighted by Crippen LogP contribution is -2.27. The first kappa shape index (κ1) is 34.3. The van der Waals surface area contributed by atoms with Gasteiger partial charge in [-0.3, -0.25) is 0 Å². The summed E-state index contributed by atoms with van der Waals surface area (Å²) in [7, 11) is -0.838. The van der Waals surface area contributed by atoms with Crippen molar-refractivity contribution in [1.82, 2.24) is 0 Å². The molecule has 240 valence electrons. The van der Waals surface area contributed by atoms with Gasteiger partial charge in [-0.15, -0.1) is 0 Å². The van der Waals surface area contributed by atoms with Crippen molar-refractivity contribution in [2.45, 2.75) is 106 Å². The summed E-state index contributed by atoms with van der Waals surface area (Å²) < 4.78 is 17.2. The zero-order valence-electron chi connectivity index (χ0n) is 27.5. The molecule has 45 heavy (non-hydrogen) atoms. The van der Waals surface area contributed by atoms with Crippen LogP contribution in [0.15, 0.2) is 88.7 Å². The largest absolute Gasteiger partial charge is 0.462 e. The Labute approximate surface area is 271 Å². The van der Waals surface area contributed by atoms with Gasteiger partial charge in [-0.1, -0.05) is 62.4 Å². The van der Waals surface area contributed by atoms with E-state index < -0.39 is 39.3 Å². The highest BCUT2D eigenvalue weighted by molar-refractivity contribution is 7.97. The molecule has 0 heterocycles. The Kier molecular flexibility index (Phi) is 11.5. The normalized spacial score (nSPS) is 14.9. The molecular formula is C38H47O6S+. The summed E-state index contributed by atoms with van der Waals surface area (Å²) in [6, 6.07) is 24.2. The maximum absolute atomic E-state index is 14.1. The van der Waals surface area contributed by atoms with E-state index in [2.05, 4.69) is 0 Å². The molecule has 0 bridgehead atoms. The van der Waals surface area contributed by atoms with Crippen LogP contribution in [0.5, 0.6) is 0 Å². The second kappa shape index (κ2) is 15.1. The molecule has 1 fully saturated rings. The molecule has 3 aromatic carbocycles. The summed E-state index contributed by atoms with van der Waals surface area (Å²) in [4.78, 5) is 41.4. The third-order valence-electron chi connectivity index (χ3n) is 7.53. The minimum Gasteiger partial charge on any atom is -0.462 e. The molecule has 4 rings (SSSR count). The fourth-order valence-electron chi connectivity index (χ4n) is 5.43. The first-order chi connectivity index (χ1) is 21.3. The lowest BCUT2D eigenvalue weighted by Gasteiger charge is -2.22. The SMILES string of the molecule is CC(C)(C)OC(=O)c1ccc([S+](c2ccc(C(=O)OC(C)(C)C)cc2)C(C(=O)OCCC2CCCCC2)c2ccccc2)cc1. The summed E-state index contributed by atoms with van der Waals surface area (Å²) in [6.07, 6.45) is 7.03. The van der Waals surface area contributed by atoms with Crippen LogP contribution < -0.4 is 0 Å². The Morgan fingerprint density at radius 2 is 1.16 bits per heavy atom. The smallest absolute Gasteiger partial charge is 0.365 e. The lowest BCUT2D eigenvalue weighted by atomic mass is 9.87. The molecule has 1 aliphatic carbocycles. The van der Waals surface area contributed by atoms with Gasteiger partial charge in [0.25, 0.3) is 0 Å². The topological polar surface area (TPSA) is 78.9 Å². The standard InChI is InChI=1S/C38H47O6S/c1-37(2,3)43-34(39)29-17-21-31(22-18-29)45(32-23-19-30(20-24-32)35(40)44-38(4,5)6)33(28-15-11-8-12-16-28)36(41)42-26-25-27-13-9-7-10-14-27/h8,11-12,15-24,27,33H,7,9-10,13-14,25-26H2,1-6H3/q+1. The van der Waals surface area contributed by atoms with Crippen molar-refractivity contribution in [3.8, 4) is 0 Å². The summed E-state index contributed by atoms with van der Waals surface area (Å²) >= 11 is 0. The number of esters is 3. The summed E-state index contributed by atoms with van der Waals surface area (Å²) in [5.74, 6) is -0.497. The Morgan fingerprint density at radius 1 is 0.689 bits per heavy atom. The molecule has 3 aromatic rings. The van der Waals surface area contributed by atoms with Crippen LogP contribution in [0.2, 0.25) is 0 Å². The molecule has 7 heteroatoms. The van der Waals surface area contributed by atoms with Gasteiger partial charge >= 0.3 is 17.9 Å². The van der Waals surface area contributed by atoms with Gasteiger partial charge in [-0.2, -0.15) is 0 Å². The molecule has 1 aliphatic rings. The van der Waals surface area contributed by atoms with Gasteiger partial charge in [0.1, 0.15) is 11.2 Å². The van der Waals surface area contributed by atoms with E-state index in [4.69, 9.17) is 14.2 Å². The van der Waals surface area contributed by atoms with Crippen LogP contribution in [0, 0.1) is 5.92 Å². The molecule has 0 radical (unpaired) electrons. The third kappa shape index (κ3) is 10.2. The quantitative estimate of drug-likeness (QED) is 0.126.